The SMILES string of the molecule is COc1cc(/C=N\Nc2cc(C(=O)[O-])ccc2Cl)cc(OC)c1OC(F)F. The smallest absolute Gasteiger partial charge is 0.387 e. The second-order valence-corrected chi connectivity index (χ2v) is 5.39. The molecule has 0 saturated carbocycles. The molecule has 0 aliphatic rings. The molecule has 0 heterocycles. The number of carbonyl (C=O) groups is 1. The quantitative estimate of drug-likeness (QED) is 0.542. The summed E-state index contributed by atoms with van der Waals surface area (Å²) in [6, 6.07) is 6.75. The highest BCUT2D eigenvalue weighted by Gasteiger charge is 2.17. The van der Waals surface area contributed by atoms with Gasteiger partial charge in [0.05, 0.1) is 37.1 Å². The molecule has 0 atom stereocenters. The number of nitrogens with zero attached hydrogens (tertiary/aromatic N) is 1. The molecule has 0 unspecified atom stereocenters. The standard InChI is InChI=1S/C17H15ClF2N2O5/c1-25-13-5-9(6-14(26-2)15(13)27-17(19)20)8-21-22-12-7-10(16(23)24)3-4-11(12)18/h3-8,17,22H,1-2H3,(H,23,24)/p-1/b21-8-. The number of benzene rings is 2. The van der Waals surface area contributed by atoms with Crippen LogP contribution >= 0.6 is 11.6 Å². The highest BCUT2D eigenvalue weighted by atomic mass is 35.5. The molecule has 0 saturated heterocycles. The van der Waals surface area contributed by atoms with Crippen LogP contribution in [0.2, 0.25) is 5.02 Å². The average Bonchev–Trinajstić information content (AvgIpc) is 2.63. The fourth-order valence-corrected chi connectivity index (χ4v) is 2.25. The summed E-state index contributed by atoms with van der Waals surface area (Å²) in [6.45, 7) is -3.05. The Labute approximate surface area is 158 Å². The first-order valence-corrected chi connectivity index (χ1v) is 7.74. The number of anilines is 1. The normalized spacial score (nSPS) is 10.9. The molecule has 2 aromatic rings. The van der Waals surface area contributed by atoms with Crippen LogP contribution in [0.15, 0.2) is 35.4 Å². The first-order chi connectivity index (χ1) is 12.8. The van der Waals surface area contributed by atoms with Gasteiger partial charge in [-0.1, -0.05) is 17.7 Å². The van der Waals surface area contributed by atoms with Gasteiger partial charge in [-0.05, 0) is 29.8 Å². The van der Waals surface area contributed by atoms with E-state index >= 15 is 0 Å². The third-order valence-corrected chi connectivity index (χ3v) is 3.62. The first kappa shape index (κ1) is 20.2. The highest BCUT2D eigenvalue weighted by molar-refractivity contribution is 6.33. The van der Waals surface area contributed by atoms with Gasteiger partial charge in [0.15, 0.2) is 11.5 Å². The number of hydrazone groups is 1. The van der Waals surface area contributed by atoms with Crippen LogP contribution in [0.5, 0.6) is 17.2 Å². The van der Waals surface area contributed by atoms with Crippen molar-refractivity contribution in [2.45, 2.75) is 6.61 Å². The molecule has 1 N–H and O–H groups in total. The summed E-state index contributed by atoms with van der Waals surface area (Å²) in [5.74, 6) is -1.56. The summed E-state index contributed by atoms with van der Waals surface area (Å²) in [7, 11) is 2.58. The minimum absolute atomic E-state index is 0.0214. The molecule has 2 rings (SSSR count). The van der Waals surface area contributed by atoms with Crippen LogP contribution in [-0.4, -0.2) is 33.0 Å². The lowest BCUT2D eigenvalue weighted by Crippen LogP contribution is -2.22. The van der Waals surface area contributed by atoms with Crippen LogP contribution in [0.25, 0.3) is 0 Å². The number of rotatable bonds is 8. The molecular formula is C17H14ClF2N2O5-. The van der Waals surface area contributed by atoms with Gasteiger partial charge in [-0.25, -0.2) is 0 Å². The Hall–Kier alpha value is -3.07. The number of ether oxygens (including phenoxy) is 3. The van der Waals surface area contributed by atoms with Crippen molar-refractivity contribution in [1.29, 1.82) is 0 Å². The third-order valence-electron chi connectivity index (χ3n) is 3.29. The number of methoxy groups -OCH3 is 2. The van der Waals surface area contributed by atoms with E-state index in [9.17, 15) is 18.7 Å². The molecule has 0 spiro atoms. The van der Waals surface area contributed by atoms with Crippen molar-refractivity contribution < 1.29 is 32.9 Å². The van der Waals surface area contributed by atoms with E-state index in [-0.39, 0.29) is 33.5 Å². The number of halogens is 3. The minimum atomic E-state index is -3.05. The largest absolute Gasteiger partial charge is 0.545 e. The maximum atomic E-state index is 12.5. The molecule has 0 aliphatic carbocycles. The van der Waals surface area contributed by atoms with Gasteiger partial charge in [-0.15, -0.1) is 0 Å². The van der Waals surface area contributed by atoms with Gasteiger partial charge >= 0.3 is 6.61 Å². The summed E-state index contributed by atoms with van der Waals surface area (Å²) in [5, 5.41) is 15.1. The number of carbonyl (C=O) groups excluding carboxylic acids is 1. The van der Waals surface area contributed by atoms with Gasteiger partial charge in [0.25, 0.3) is 0 Å². The predicted octanol–water partition coefficient (Wildman–Crippen LogP) is 2.77. The number of alkyl halides is 2. The van der Waals surface area contributed by atoms with E-state index in [1.54, 1.807) is 0 Å². The Morgan fingerprint density at radius 3 is 2.37 bits per heavy atom. The molecule has 144 valence electrons. The molecule has 0 amide bonds. The van der Waals surface area contributed by atoms with Crippen LogP contribution in [0.3, 0.4) is 0 Å². The molecule has 7 nitrogen and oxygen atoms in total. The van der Waals surface area contributed by atoms with Gasteiger partial charge in [0.2, 0.25) is 5.75 Å². The van der Waals surface area contributed by atoms with Gasteiger partial charge in [-0.2, -0.15) is 13.9 Å². The molecule has 0 bridgehead atoms. The maximum Gasteiger partial charge on any atom is 0.387 e. The second kappa shape index (κ2) is 9.04. The first-order valence-electron chi connectivity index (χ1n) is 7.36. The number of hydrogen-bond acceptors (Lipinski definition) is 7. The van der Waals surface area contributed by atoms with Crippen LogP contribution in [0.4, 0.5) is 14.5 Å². The fourth-order valence-electron chi connectivity index (χ4n) is 2.09. The Morgan fingerprint density at radius 1 is 1.22 bits per heavy atom. The molecular weight excluding hydrogens is 386 g/mol. The van der Waals surface area contributed by atoms with Crippen LogP contribution < -0.4 is 24.7 Å². The maximum absolute atomic E-state index is 12.5. The molecule has 0 aromatic heterocycles. The number of carboxylic acid groups (broad SMARTS) is 1. The van der Waals surface area contributed by atoms with Crippen LogP contribution in [0, 0.1) is 0 Å². The summed E-state index contributed by atoms with van der Waals surface area (Å²) >= 11 is 5.97. The van der Waals surface area contributed by atoms with Crippen molar-refractivity contribution in [3.05, 3.63) is 46.5 Å². The van der Waals surface area contributed by atoms with Gasteiger partial charge < -0.3 is 24.1 Å². The van der Waals surface area contributed by atoms with E-state index in [2.05, 4.69) is 15.3 Å². The molecule has 27 heavy (non-hydrogen) atoms. The van der Waals surface area contributed by atoms with E-state index in [1.165, 1.54) is 50.8 Å². The lowest BCUT2D eigenvalue weighted by molar-refractivity contribution is -0.255. The Morgan fingerprint density at radius 2 is 1.85 bits per heavy atom. The molecule has 10 heteroatoms. The third kappa shape index (κ3) is 5.20. The van der Waals surface area contributed by atoms with E-state index in [0.29, 0.717) is 5.56 Å². The summed E-state index contributed by atoms with van der Waals surface area (Å²) < 4.78 is 39.6. The average molecular weight is 400 g/mol. The number of hydrogen-bond donors (Lipinski definition) is 1. The monoisotopic (exact) mass is 399 g/mol. The zero-order chi connectivity index (χ0) is 20.0. The topological polar surface area (TPSA) is 92.2 Å². The predicted molar refractivity (Wildman–Crippen MR) is 93.2 cm³/mol. The number of carboxylic acids is 1. The van der Waals surface area contributed by atoms with Crippen molar-refractivity contribution in [2.75, 3.05) is 19.6 Å². The lowest BCUT2D eigenvalue weighted by Gasteiger charge is -2.14. The molecule has 0 fully saturated rings. The van der Waals surface area contributed by atoms with Crippen molar-refractivity contribution in [2.24, 2.45) is 5.10 Å². The molecule has 0 aliphatic heterocycles. The van der Waals surface area contributed by atoms with E-state index in [1.807, 2.05) is 0 Å². The fraction of sp³-hybridized carbons (Fsp3) is 0.176. The van der Waals surface area contributed by atoms with Gasteiger partial charge in [0.1, 0.15) is 0 Å². The Balaban J connectivity index is 2.27. The minimum Gasteiger partial charge on any atom is -0.545 e. The summed E-state index contributed by atoms with van der Waals surface area (Å²) in [6.07, 6.45) is 1.33. The lowest BCUT2D eigenvalue weighted by atomic mass is 10.2. The van der Waals surface area contributed by atoms with Crippen molar-refractivity contribution >= 4 is 29.5 Å². The van der Waals surface area contributed by atoms with Crippen LogP contribution in [0.1, 0.15) is 15.9 Å². The van der Waals surface area contributed by atoms with Crippen LogP contribution in [-0.2, 0) is 0 Å². The van der Waals surface area contributed by atoms with Gasteiger partial charge in [-0.3, -0.25) is 5.43 Å². The Bertz CT molecular complexity index is 836. The molecule has 0 radical (unpaired) electrons. The van der Waals surface area contributed by atoms with Gasteiger partial charge in [0, 0.05) is 5.56 Å². The van der Waals surface area contributed by atoms with Crippen molar-refractivity contribution in [3.63, 3.8) is 0 Å². The zero-order valence-electron chi connectivity index (χ0n) is 14.2. The van der Waals surface area contributed by atoms with Crippen molar-refractivity contribution in [3.8, 4) is 17.2 Å². The Kier molecular flexibility index (Phi) is 6.78. The van der Waals surface area contributed by atoms with E-state index in [0.717, 1.165) is 0 Å². The van der Waals surface area contributed by atoms with Crippen molar-refractivity contribution in [1.82, 2.24) is 0 Å². The summed E-state index contributed by atoms with van der Waals surface area (Å²) in [5.41, 5.74) is 3.19. The summed E-state index contributed by atoms with van der Waals surface area (Å²) in [4.78, 5) is 10.9. The van der Waals surface area contributed by atoms with E-state index in [4.69, 9.17) is 21.1 Å². The number of aromatic carboxylic acids is 1. The van der Waals surface area contributed by atoms with E-state index < -0.39 is 12.6 Å². The number of nitrogens with one attached hydrogen (secondary N) is 1. The molecule has 2 aromatic carbocycles. The second-order valence-electron chi connectivity index (χ2n) is 4.99. The zero-order valence-corrected chi connectivity index (χ0v) is 14.9. The highest BCUT2D eigenvalue weighted by Crippen LogP contribution is 2.39.